The van der Waals surface area contributed by atoms with Crippen molar-refractivity contribution in [3.63, 3.8) is 0 Å². The molecular formula is C25H40N2O6. The molecule has 8 nitrogen and oxygen atoms in total. The van der Waals surface area contributed by atoms with Crippen molar-refractivity contribution in [2.45, 2.75) is 90.1 Å². The first-order chi connectivity index (χ1) is 15.7. The van der Waals surface area contributed by atoms with E-state index < -0.39 is 41.6 Å². The van der Waals surface area contributed by atoms with Gasteiger partial charge in [0.15, 0.2) is 0 Å². The smallest absolute Gasteiger partial charge is 0.312 e. The molecular weight excluding hydrogens is 424 g/mol. The SMILES string of the molecule is C=CCN(C(=O)[C@H]1N([C@@H](CO)C(C)C)C(=O)[C@@H]2[C@@H](C(=O)OCC)[C@H]3CC[C@]21O3)C(C)CCC. The Kier molecular flexibility index (Phi) is 7.89. The van der Waals surface area contributed by atoms with E-state index in [4.69, 9.17) is 9.47 Å². The molecule has 2 amide bonds. The Morgan fingerprint density at radius 1 is 1.36 bits per heavy atom. The van der Waals surface area contributed by atoms with Crippen LogP contribution in [0.15, 0.2) is 12.7 Å². The number of likely N-dealkylation sites (tertiary alicyclic amines) is 1. The number of amides is 2. The van der Waals surface area contributed by atoms with Crippen molar-refractivity contribution in [2.24, 2.45) is 17.8 Å². The highest BCUT2D eigenvalue weighted by Crippen LogP contribution is 2.59. The lowest BCUT2D eigenvalue weighted by atomic mass is 9.70. The summed E-state index contributed by atoms with van der Waals surface area (Å²) < 4.78 is 11.7. The highest BCUT2D eigenvalue weighted by Gasteiger charge is 2.75. The van der Waals surface area contributed by atoms with Crippen LogP contribution in [-0.4, -0.2) is 82.3 Å². The molecule has 7 atom stereocenters. The van der Waals surface area contributed by atoms with Crippen molar-refractivity contribution in [1.82, 2.24) is 9.80 Å². The molecule has 3 heterocycles. The Labute approximate surface area is 197 Å². The van der Waals surface area contributed by atoms with Crippen LogP contribution >= 0.6 is 0 Å². The lowest BCUT2D eigenvalue weighted by Gasteiger charge is -2.41. The number of nitrogens with zero attached hydrogens (tertiary/aromatic N) is 2. The van der Waals surface area contributed by atoms with Crippen LogP contribution in [0.2, 0.25) is 0 Å². The first-order valence-corrected chi connectivity index (χ1v) is 12.4. The Hall–Kier alpha value is -1.93. The average Bonchev–Trinajstić information content (AvgIpc) is 3.40. The maximum atomic E-state index is 14.2. The number of hydrogen-bond acceptors (Lipinski definition) is 6. The molecule has 186 valence electrons. The van der Waals surface area contributed by atoms with Gasteiger partial charge in [0, 0.05) is 12.6 Å². The van der Waals surface area contributed by atoms with Crippen LogP contribution in [0.25, 0.3) is 0 Å². The van der Waals surface area contributed by atoms with Crippen molar-refractivity contribution in [3.05, 3.63) is 12.7 Å². The summed E-state index contributed by atoms with van der Waals surface area (Å²) in [6.07, 6.45) is 4.13. The van der Waals surface area contributed by atoms with Crippen molar-refractivity contribution in [3.8, 4) is 0 Å². The van der Waals surface area contributed by atoms with Gasteiger partial charge in [0.2, 0.25) is 11.8 Å². The number of esters is 1. The fraction of sp³-hybridized carbons (Fsp3) is 0.800. The maximum Gasteiger partial charge on any atom is 0.312 e. The predicted octanol–water partition coefficient (Wildman–Crippen LogP) is 2.14. The molecule has 0 aliphatic carbocycles. The molecule has 0 aromatic rings. The molecule has 1 unspecified atom stereocenters. The molecule has 3 rings (SSSR count). The number of rotatable bonds is 11. The van der Waals surface area contributed by atoms with Crippen LogP contribution in [0.3, 0.4) is 0 Å². The van der Waals surface area contributed by atoms with Gasteiger partial charge < -0.3 is 24.4 Å². The van der Waals surface area contributed by atoms with Gasteiger partial charge in [-0.25, -0.2) is 0 Å². The summed E-state index contributed by atoms with van der Waals surface area (Å²) in [5.74, 6) is -2.51. The average molecular weight is 465 g/mol. The predicted molar refractivity (Wildman–Crippen MR) is 123 cm³/mol. The third-order valence-corrected chi connectivity index (χ3v) is 7.69. The first-order valence-electron chi connectivity index (χ1n) is 12.4. The standard InChI is InChI=1S/C25H40N2O6/c1-7-10-16(6)26(13-8-2)23(30)21-25-12-11-18(33-25)19(24(31)32-9-3)20(25)22(29)27(21)17(14-28)15(4)5/h8,15-21,28H,2,7,9-14H2,1,3-6H3/t16?,17-,18+,19-,20-,21+,25-/m0/s1. The largest absolute Gasteiger partial charge is 0.466 e. The Morgan fingerprint density at radius 2 is 2.06 bits per heavy atom. The van der Waals surface area contributed by atoms with E-state index in [9.17, 15) is 19.5 Å². The molecule has 1 N–H and O–H groups in total. The number of carbonyl (C=O) groups is 3. The summed E-state index contributed by atoms with van der Waals surface area (Å²) >= 11 is 0. The molecule has 0 radical (unpaired) electrons. The topological polar surface area (TPSA) is 96.4 Å². The fourth-order valence-corrected chi connectivity index (χ4v) is 6.21. The minimum atomic E-state index is -1.08. The fourth-order valence-electron chi connectivity index (χ4n) is 6.21. The van der Waals surface area contributed by atoms with Gasteiger partial charge in [-0.2, -0.15) is 0 Å². The summed E-state index contributed by atoms with van der Waals surface area (Å²) in [5, 5.41) is 10.2. The molecule has 0 aromatic heterocycles. The second-order valence-electron chi connectivity index (χ2n) is 9.96. The van der Waals surface area contributed by atoms with Gasteiger partial charge >= 0.3 is 5.97 Å². The Bertz CT molecular complexity index is 770. The summed E-state index contributed by atoms with van der Waals surface area (Å²) in [4.78, 5) is 44.3. The maximum absolute atomic E-state index is 14.2. The quantitative estimate of drug-likeness (QED) is 0.372. The highest BCUT2D eigenvalue weighted by atomic mass is 16.6. The van der Waals surface area contributed by atoms with Crippen LogP contribution in [0.5, 0.6) is 0 Å². The normalized spacial score (nSPS) is 32.1. The van der Waals surface area contributed by atoms with Gasteiger partial charge in [-0.1, -0.05) is 33.3 Å². The van der Waals surface area contributed by atoms with Crippen molar-refractivity contribution < 1.29 is 29.0 Å². The van der Waals surface area contributed by atoms with Crippen LogP contribution in [0.4, 0.5) is 0 Å². The Morgan fingerprint density at radius 3 is 2.61 bits per heavy atom. The minimum absolute atomic E-state index is 0.0426. The van der Waals surface area contributed by atoms with Crippen LogP contribution < -0.4 is 0 Å². The molecule has 2 bridgehead atoms. The third kappa shape index (κ3) is 4.09. The number of fused-ring (bicyclic) bond motifs is 1. The molecule has 0 aromatic carbocycles. The van der Waals surface area contributed by atoms with Gasteiger partial charge in [-0.05, 0) is 39.0 Å². The number of ether oxygens (including phenoxy) is 2. The zero-order valence-corrected chi connectivity index (χ0v) is 20.7. The summed E-state index contributed by atoms with van der Waals surface area (Å²) in [6.45, 7) is 13.8. The van der Waals surface area contributed by atoms with Crippen LogP contribution in [0, 0.1) is 17.8 Å². The van der Waals surface area contributed by atoms with E-state index in [0.29, 0.717) is 19.4 Å². The number of aliphatic hydroxyl groups is 1. The van der Waals surface area contributed by atoms with Crippen LogP contribution in [0.1, 0.15) is 60.3 Å². The highest BCUT2D eigenvalue weighted by molar-refractivity contribution is 5.98. The van der Waals surface area contributed by atoms with E-state index in [2.05, 4.69) is 13.5 Å². The second kappa shape index (κ2) is 10.1. The van der Waals surface area contributed by atoms with Gasteiger partial charge in [0.05, 0.1) is 37.2 Å². The second-order valence-corrected chi connectivity index (χ2v) is 9.96. The molecule has 3 aliphatic heterocycles. The number of hydrogen-bond donors (Lipinski definition) is 1. The molecule has 8 heteroatoms. The van der Waals surface area contributed by atoms with E-state index in [1.165, 1.54) is 0 Å². The summed E-state index contributed by atoms with van der Waals surface area (Å²) in [7, 11) is 0. The van der Waals surface area contributed by atoms with E-state index in [0.717, 1.165) is 12.8 Å². The van der Waals surface area contributed by atoms with Gasteiger partial charge in [-0.15, -0.1) is 6.58 Å². The van der Waals surface area contributed by atoms with E-state index in [-0.39, 0.29) is 37.0 Å². The van der Waals surface area contributed by atoms with Gasteiger partial charge in [-0.3, -0.25) is 14.4 Å². The third-order valence-electron chi connectivity index (χ3n) is 7.69. The monoisotopic (exact) mass is 464 g/mol. The van der Waals surface area contributed by atoms with Gasteiger partial charge in [0.1, 0.15) is 11.6 Å². The van der Waals surface area contributed by atoms with Crippen molar-refractivity contribution in [2.75, 3.05) is 19.8 Å². The van der Waals surface area contributed by atoms with Crippen molar-refractivity contribution in [1.29, 1.82) is 0 Å². The zero-order valence-electron chi connectivity index (χ0n) is 20.7. The summed E-state index contributed by atoms with van der Waals surface area (Å²) in [5.41, 5.74) is -1.08. The Balaban J connectivity index is 2.10. The lowest BCUT2D eigenvalue weighted by molar-refractivity contribution is -0.157. The van der Waals surface area contributed by atoms with Crippen LogP contribution in [-0.2, 0) is 23.9 Å². The molecule has 1 spiro atoms. The van der Waals surface area contributed by atoms with Gasteiger partial charge in [0.25, 0.3) is 0 Å². The summed E-state index contributed by atoms with van der Waals surface area (Å²) in [6, 6.07) is -1.48. The molecule has 3 aliphatic rings. The first kappa shape index (κ1) is 25.7. The molecule has 3 fully saturated rings. The number of carbonyl (C=O) groups excluding carboxylic acids is 3. The van der Waals surface area contributed by atoms with Crippen molar-refractivity contribution >= 4 is 17.8 Å². The lowest BCUT2D eigenvalue weighted by Crippen LogP contribution is -2.60. The van der Waals surface area contributed by atoms with E-state index >= 15 is 0 Å². The zero-order chi connectivity index (χ0) is 24.5. The van der Waals surface area contributed by atoms with E-state index in [1.807, 2.05) is 20.8 Å². The number of aliphatic hydroxyl groups excluding tert-OH is 1. The molecule has 33 heavy (non-hydrogen) atoms. The van der Waals surface area contributed by atoms with E-state index in [1.54, 1.807) is 22.8 Å². The molecule has 3 saturated heterocycles. The molecule has 0 saturated carbocycles. The minimum Gasteiger partial charge on any atom is -0.466 e.